The average molecular weight is 335 g/mol. The van der Waals surface area contributed by atoms with Crippen LogP contribution in [0.15, 0.2) is 24.3 Å². The Labute approximate surface area is 142 Å². The SMILES string of the molecule is CCC(CO)Nc1cc(C)nc(Oc2c(C)cc(Cl)cc2C)c1. The van der Waals surface area contributed by atoms with Crippen molar-refractivity contribution in [2.24, 2.45) is 0 Å². The molecular weight excluding hydrogens is 312 g/mol. The fourth-order valence-corrected chi connectivity index (χ4v) is 2.78. The molecule has 1 aromatic heterocycles. The van der Waals surface area contributed by atoms with Gasteiger partial charge in [-0.15, -0.1) is 0 Å². The van der Waals surface area contributed by atoms with Crippen molar-refractivity contribution in [1.29, 1.82) is 0 Å². The summed E-state index contributed by atoms with van der Waals surface area (Å²) in [5.74, 6) is 1.29. The summed E-state index contributed by atoms with van der Waals surface area (Å²) >= 11 is 6.06. The molecule has 5 heteroatoms. The molecule has 2 aromatic rings. The third-order valence-corrected chi connectivity index (χ3v) is 3.86. The second-order valence-corrected chi connectivity index (χ2v) is 6.17. The lowest BCUT2D eigenvalue weighted by Gasteiger charge is -2.17. The number of hydrogen-bond acceptors (Lipinski definition) is 4. The minimum Gasteiger partial charge on any atom is -0.438 e. The van der Waals surface area contributed by atoms with Crippen molar-refractivity contribution in [3.05, 3.63) is 46.1 Å². The van der Waals surface area contributed by atoms with Gasteiger partial charge in [0.2, 0.25) is 5.88 Å². The summed E-state index contributed by atoms with van der Waals surface area (Å²) in [4.78, 5) is 4.44. The van der Waals surface area contributed by atoms with Gasteiger partial charge in [-0.05, 0) is 56.5 Å². The first-order chi connectivity index (χ1) is 10.9. The maximum atomic E-state index is 9.34. The van der Waals surface area contributed by atoms with Crippen molar-refractivity contribution in [2.75, 3.05) is 11.9 Å². The number of benzene rings is 1. The van der Waals surface area contributed by atoms with Crippen molar-refractivity contribution < 1.29 is 9.84 Å². The summed E-state index contributed by atoms with van der Waals surface area (Å²) in [7, 11) is 0. The van der Waals surface area contributed by atoms with Gasteiger partial charge in [0.1, 0.15) is 5.75 Å². The Bertz CT molecular complexity index is 662. The fraction of sp³-hybridized carbons (Fsp3) is 0.389. The quantitative estimate of drug-likeness (QED) is 0.808. The molecule has 1 heterocycles. The summed E-state index contributed by atoms with van der Waals surface area (Å²) in [5.41, 5.74) is 3.67. The van der Waals surface area contributed by atoms with E-state index in [2.05, 4.69) is 10.3 Å². The van der Waals surface area contributed by atoms with Gasteiger partial charge in [0, 0.05) is 28.5 Å². The highest BCUT2D eigenvalue weighted by Gasteiger charge is 2.11. The summed E-state index contributed by atoms with van der Waals surface area (Å²) in [6.07, 6.45) is 0.837. The number of aromatic nitrogens is 1. The highest BCUT2D eigenvalue weighted by molar-refractivity contribution is 6.30. The molecule has 2 N–H and O–H groups in total. The van der Waals surface area contributed by atoms with Crippen molar-refractivity contribution in [3.63, 3.8) is 0 Å². The van der Waals surface area contributed by atoms with Gasteiger partial charge in [0.25, 0.3) is 0 Å². The molecule has 23 heavy (non-hydrogen) atoms. The molecule has 4 nitrogen and oxygen atoms in total. The number of rotatable bonds is 6. The topological polar surface area (TPSA) is 54.4 Å². The normalized spacial score (nSPS) is 12.1. The maximum absolute atomic E-state index is 9.34. The minimum atomic E-state index is 0.0173. The molecule has 0 amide bonds. The Morgan fingerprint density at radius 3 is 2.39 bits per heavy atom. The van der Waals surface area contributed by atoms with Gasteiger partial charge in [-0.2, -0.15) is 0 Å². The van der Waals surface area contributed by atoms with Crippen molar-refractivity contribution in [3.8, 4) is 11.6 Å². The molecule has 1 atom stereocenters. The van der Waals surface area contributed by atoms with Crippen molar-refractivity contribution >= 4 is 17.3 Å². The lowest BCUT2D eigenvalue weighted by Crippen LogP contribution is -2.22. The third kappa shape index (κ3) is 4.60. The Balaban J connectivity index is 2.29. The summed E-state index contributed by atoms with van der Waals surface area (Å²) in [6.45, 7) is 7.95. The third-order valence-electron chi connectivity index (χ3n) is 3.65. The Morgan fingerprint density at radius 1 is 1.17 bits per heavy atom. The summed E-state index contributed by atoms with van der Waals surface area (Å²) < 4.78 is 5.99. The summed E-state index contributed by atoms with van der Waals surface area (Å²) in [5, 5.41) is 13.3. The van der Waals surface area contributed by atoms with Gasteiger partial charge in [-0.1, -0.05) is 18.5 Å². The Hall–Kier alpha value is -1.78. The largest absolute Gasteiger partial charge is 0.438 e. The van der Waals surface area contributed by atoms with E-state index in [-0.39, 0.29) is 12.6 Å². The van der Waals surface area contributed by atoms with E-state index >= 15 is 0 Å². The molecule has 0 spiro atoms. The second kappa shape index (κ2) is 7.66. The van der Waals surface area contributed by atoms with Crippen LogP contribution in [-0.2, 0) is 0 Å². The van der Waals surface area contributed by atoms with E-state index in [0.717, 1.165) is 34.7 Å². The molecule has 1 unspecified atom stereocenters. The van der Waals surface area contributed by atoms with Crippen LogP contribution in [-0.4, -0.2) is 22.7 Å². The first kappa shape index (κ1) is 17.6. The lowest BCUT2D eigenvalue weighted by molar-refractivity contribution is 0.272. The van der Waals surface area contributed by atoms with Crippen LogP contribution in [0.3, 0.4) is 0 Å². The maximum Gasteiger partial charge on any atom is 0.221 e. The number of aryl methyl sites for hydroxylation is 3. The number of pyridine rings is 1. The number of ether oxygens (including phenoxy) is 1. The number of aliphatic hydroxyl groups excluding tert-OH is 1. The predicted molar refractivity (Wildman–Crippen MR) is 94.8 cm³/mol. The number of aliphatic hydroxyl groups is 1. The van der Waals surface area contributed by atoms with E-state index in [4.69, 9.17) is 16.3 Å². The molecule has 0 aliphatic rings. The van der Waals surface area contributed by atoms with E-state index in [9.17, 15) is 5.11 Å². The Morgan fingerprint density at radius 2 is 1.83 bits per heavy atom. The molecule has 0 bridgehead atoms. The molecule has 0 fully saturated rings. The first-order valence-electron chi connectivity index (χ1n) is 7.73. The number of halogens is 1. The molecule has 1 aromatic carbocycles. The minimum absolute atomic E-state index is 0.0173. The average Bonchev–Trinajstić information content (AvgIpc) is 2.48. The van der Waals surface area contributed by atoms with Gasteiger partial charge in [-0.25, -0.2) is 4.98 Å². The zero-order valence-corrected chi connectivity index (χ0v) is 14.7. The van der Waals surface area contributed by atoms with E-state index in [1.165, 1.54) is 0 Å². The van der Waals surface area contributed by atoms with Crippen LogP contribution in [0.4, 0.5) is 5.69 Å². The first-order valence-corrected chi connectivity index (χ1v) is 8.11. The van der Waals surface area contributed by atoms with Gasteiger partial charge >= 0.3 is 0 Å². The summed E-state index contributed by atoms with van der Waals surface area (Å²) in [6, 6.07) is 7.55. The van der Waals surface area contributed by atoms with Crippen LogP contribution in [0.5, 0.6) is 11.6 Å². The van der Waals surface area contributed by atoms with Crippen LogP contribution < -0.4 is 10.1 Å². The zero-order valence-electron chi connectivity index (χ0n) is 14.0. The zero-order chi connectivity index (χ0) is 17.0. The van der Waals surface area contributed by atoms with Crippen LogP contribution in [0.25, 0.3) is 0 Å². The second-order valence-electron chi connectivity index (χ2n) is 5.74. The highest BCUT2D eigenvalue weighted by atomic mass is 35.5. The van der Waals surface area contributed by atoms with Crippen LogP contribution >= 0.6 is 11.6 Å². The van der Waals surface area contributed by atoms with Crippen LogP contribution in [0.2, 0.25) is 5.02 Å². The van der Waals surface area contributed by atoms with Gasteiger partial charge in [-0.3, -0.25) is 0 Å². The molecule has 0 saturated heterocycles. The number of nitrogens with one attached hydrogen (secondary N) is 1. The lowest BCUT2D eigenvalue weighted by atomic mass is 10.1. The number of nitrogens with zero attached hydrogens (tertiary/aromatic N) is 1. The van der Waals surface area contributed by atoms with E-state index < -0.39 is 0 Å². The smallest absolute Gasteiger partial charge is 0.221 e. The van der Waals surface area contributed by atoms with Gasteiger partial charge < -0.3 is 15.2 Å². The van der Waals surface area contributed by atoms with Crippen molar-refractivity contribution in [1.82, 2.24) is 4.98 Å². The molecule has 0 aliphatic heterocycles. The molecule has 0 radical (unpaired) electrons. The van der Waals surface area contributed by atoms with Crippen LogP contribution in [0, 0.1) is 20.8 Å². The molecule has 0 aliphatic carbocycles. The molecule has 2 rings (SSSR count). The fourth-order valence-electron chi connectivity index (χ4n) is 2.45. The Kier molecular flexibility index (Phi) is 5.85. The van der Waals surface area contributed by atoms with Gasteiger partial charge in [0.05, 0.1) is 6.61 Å². The number of anilines is 1. The molecule has 0 saturated carbocycles. The molecular formula is C18H23ClN2O2. The molecule has 124 valence electrons. The number of hydrogen-bond donors (Lipinski definition) is 2. The van der Waals surface area contributed by atoms with Crippen molar-refractivity contribution in [2.45, 2.75) is 40.2 Å². The van der Waals surface area contributed by atoms with E-state index in [0.29, 0.717) is 10.9 Å². The van der Waals surface area contributed by atoms with E-state index in [1.807, 2.05) is 52.0 Å². The van der Waals surface area contributed by atoms with Gasteiger partial charge in [0.15, 0.2) is 0 Å². The standard InChI is InChI=1S/C18H23ClN2O2/c1-5-15(10-22)21-16-8-13(4)20-17(9-16)23-18-11(2)6-14(19)7-12(18)3/h6-9,15,22H,5,10H2,1-4H3,(H,20,21). The highest BCUT2D eigenvalue weighted by Crippen LogP contribution is 2.31. The monoisotopic (exact) mass is 334 g/mol. The van der Waals surface area contributed by atoms with E-state index in [1.54, 1.807) is 0 Å². The van der Waals surface area contributed by atoms with Crippen LogP contribution in [0.1, 0.15) is 30.2 Å². The predicted octanol–water partition coefficient (Wildman–Crippen LogP) is 4.64.